The van der Waals surface area contributed by atoms with E-state index in [4.69, 9.17) is 4.74 Å². The average molecular weight is 259 g/mol. The number of phenols is 1. The molecule has 0 atom stereocenters. The highest BCUT2D eigenvalue weighted by molar-refractivity contribution is 7.89. The van der Waals surface area contributed by atoms with Gasteiger partial charge in [0.05, 0.1) is 4.90 Å². The van der Waals surface area contributed by atoms with Gasteiger partial charge in [0.25, 0.3) is 0 Å². The van der Waals surface area contributed by atoms with Crippen LogP contribution >= 0.6 is 0 Å². The van der Waals surface area contributed by atoms with Crippen molar-refractivity contribution in [1.29, 1.82) is 0 Å². The highest BCUT2D eigenvalue weighted by atomic mass is 32.2. The molecule has 0 aliphatic heterocycles. The maximum Gasteiger partial charge on any atom is 0.240 e. The number of hydrogen-bond acceptors (Lipinski definition) is 4. The smallest absolute Gasteiger partial charge is 0.240 e. The first-order valence-corrected chi connectivity index (χ1v) is 6.82. The quantitative estimate of drug-likeness (QED) is 0.719. The van der Waals surface area contributed by atoms with Gasteiger partial charge in [-0.3, -0.25) is 0 Å². The Kier molecular flexibility index (Phi) is 5.40. The molecule has 0 amide bonds. The van der Waals surface area contributed by atoms with Crippen LogP contribution in [0.25, 0.3) is 0 Å². The third kappa shape index (κ3) is 4.72. The van der Waals surface area contributed by atoms with E-state index in [0.717, 1.165) is 6.42 Å². The van der Waals surface area contributed by atoms with Gasteiger partial charge in [-0.2, -0.15) is 0 Å². The Bertz CT molecular complexity index is 445. The lowest BCUT2D eigenvalue weighted by atomic mass is 10.3. The molecular weight excluding hydrogens is 242 g/mol. The van der Waals surface area contributed by atoms with E-state index in [1.165, 1.54) is 24.3 Å². The molecule has 1 aromatic rings. The first kappa shape index (κ1) is 14.0. The van der Waals surface area contributed by atoms with Crippen LogP contribution in [0.15, 0.2) is 29.2 Å². The van der Waals surface area contributed by atoms with E-state index in [-0.39, 0.29) is 10.6 Å². The second kappa shape index (κ2) is 6.58. The van der Waals surface area contributed by atoms with E-state index in [1.807, 2.05) is 0 Å². The van der Waals surface area contributed by atoms with Gasteiger partial charge < -0.3 is 9.84 Å². The van der Waals surface area contributed by atoms with Crippen molar-refractivity contribution in [3.8, 4) is 5.75 Å². The van der Waals surface area contributed by atoms with Crippen LogP contribution in [-0.2, 0) is 14.8 Å². The average Bonchev–Trinajstić information content (AvgIpc) is 2.29. The van der Waals surface area contributed by atoms with Gasteiger partial charge in [0.15, 0.2) is 0 Å². The zero-order chi connectivity index (χ0) is 12.7. The SMILES string of the molecule is COCCCCNS(=O)(=O)c1cccc(O)c1. The molecule has 2 N–H and O–H groups in total. The summed E-state index contributed by atoms with van der Waals surface area (Å²) in [5, 5.41) is 9.21. The predicted molar refractivity (Wildman–Crippen MR) is 64.4 cm³/mol. The molecule has 0 radical (unpaired) electrons. The van der Waals surface area contributed by atoms with Crippen molar-refractivity contribution in [3.05, 3.63) is 24.3 Å². The summed E-state index contributed by atoms with van der Waals surface area (Å²) in [4.78, 5) is 0.0734. The maximum absolute atomic E-state index is 11.8. The van der Waals surface area contributed by atoms with Gasteiger partial charge in [0.1, 0.15) is 5.75 Å². The number of hydrogen-bond donors (Lipinski definition) is 2. The summed E-state index contributed by atoms with van der Waals surface area (Å²) in [7, 11) is -1.91. The Morgan fingerprint density at radius 3 is 2.76 bits per heavy atom. The number of methoxy groups -OCH3 is 1. The van der Waals surface area contributed by atoms with Crippen molar-refractivity contribution in [1.82, 2.24) is 4.72 Å². The number of rotatable bonds is 7. The Hall–Kier alpha value is -1.11. The molecule has 0 aliphatic carbocycles. The van der Waals surface area contributed by atoms with Gasteiger partial charge in [-0.05, 0) is 31.0 Å². The molecule has 0 spiro atoms. The number of ether oxygens (including phenoxy) is 1. The minimum atomic E-state index is -3.52. The molecule has 5 nitrogen and oxygen atoms in total. The zero-order valence-electron chi connectivity index (χ0n) is 9.72. The maximum atomic E-state index is 11.8. The van der Waals surface area contributed by atoms with E-state index in [2.05, 4.69) is 4.72 Å². The van der Waals surface area contributed by atoms with Crippen molar-refractivity contribution in [2.75, 3.05) is 20.3 Å². The van der Waals surface area contributed by atoms with Gasteiger partial charge >= 0.3 is 0 Å². The highest BCUT2D eigenvalue weighted by Gasteiger charge is 2.13. The molecule has 0 aliphatic rings. The number of phenolic OH excluding ortho intramolecular Hbond substituents is 1. The molecule has 0 heterocycles. The summed E-state index contributed by atoms with van der Waals surface area (Å²) in [5.41, 5.74) is 0. The fourth-order valence-electron chi connectivity index (χ4n) is 1.31. The van der Waals surface area contributed by atoms with Crippen LogP contribution in [0, 0.1) is 0 Å². The van der Waals surface area contributed by atoms with Crippen molar-refractivity contribution >= 4 is 10.0 Å². The highest BCUT2D eigenvalue weighted by Crippen LogP contribution is 2.15. The lowest BCUT2D eigenvalue weighted by Crippen LogP contribution is -2.24. The van der Waals surface area contributed by atoms with Crippen molar-refractivity contribution in [3.63, 3.8) is 0 Å². The Labute approximate surface area is 101 Å². The molecule has 1 aromatic carbocycles. The summed E-state index contributed by atoms with van der Waals surface area (Å²) in [5.74, 6) is -0.0627. The largest absolute Gasteiger partial charge is 0.508 e. The molecule has 0 unspecified atom stereocenters. The van der Waals surface area contributed by atoms with Crippen molar-refractivity contribution < 1.29 is 18.3 Å². The molecule has 0 fully saturated rings. The van der Waals surface area contributed by atoms with Crippen LogP contribution in [-0.4, -0.2) is 33.8 Å². The van der Waals surface area contributed by atoms with E-state index < -0.39 is 10.0 Å². The van der Waals surface area contributed by atoms with Crippen LogP contribution in [0.3, 0.4) is 0 Å². The fraction of sp³-hybridized carbons (Fsp3) is 0.455. The third-order valence-electron chi connectivity index (χ3n) is 2.20. The fourth-order valence-corrected chi connectivity index (χ4v) is 2.43. The van der Waals surface area contributed by atoms with Crippen LogP contribution < -0.4 is 4.72 Å². The van der Waals surface area contributed by atoms with Crippen molar-refractivity contribution in [2.24, 2.45) is 0 Å². The van der Waals surface area contributed by atoms with Crippen LogP contribution in [0.5, 0.6) is 5.75 Å². The van der Waals surface area contributed by atoms with E-state index >= 15 is 0 Å². The normalized spacial score (nSPS) is 11.6. The van der Waals surface area contributed by atoms with Gasteiger partial charge in [0, 0.05) is 20.3 Å². The zero-order valence-corrected chi connectivity index (χ0v) is 10.5. The van der Waals surface area contributed by atoms with E-state index in [0.29, 0.717) is 19.6 Å². The summed E-state index contributed by atoms with van der Waals surface area (Å²) < 4.78 is 30.9. The van der Waals surface area contributed by atoms with Crippen molar-refractivity contribution in [2.45, 2.75) is 17.7 Å². The predicted octanol–water partition coefficient (Wildman–Crippen LogP) is 1.10. The molecule has 0 saturated carbocycles. The van der Waals surface area contributed by atoms with Gasteiger partial charge in [-0.25, -0.2) is 13.1 Å². The van der Waals surface area contributed by atoms with Crippen LogP contribution in [0.4, 0.5) is 0 Å². The number of aromatic hydroxyl groups is 1. The monoisotopic (exact) mass is 259 g/mol. The lowest BCUT2D eigenvalue weighted by Gasteiger charge is -2.06. The molecule has 1 rings (SSSR count). The second-order valence-electron chi connectivity index (χ2n) is 3.60. The minimum absolute atomic E-state index is 0.0627. The summed E-state index contributed by atoms with van der Waals surface area (Å²) in [6.07, 6.45) is 1.52. The lowest BCUT2D eigenvalue weighted by molar-refractivity contribution is 0.193. The number of nitrogens with one attached hydrogen (secondary N) is 1. The van der Waals surface area contributed by atoms with Crippen LogP contribution in [0.1, 0.15) is 12.8 Å². The topological polar surface area (TPSA) is 75.6 Å². The van der Waals surface area contributed by atoms with E-state index in [9.17, 15) is 13.5 Å². The molecule has 96 valence electrons. The number of sulfonamides is 1. The van der Waals surface area contributed by atoms with E-state index in [1.54, 1.807) is 7.11 Å². The molecule has 6 heteroatoms. The number of unbranched alkanes of at least 4 members (excludes halogenated alkanes) is 1. The Morgan fingerprint density at radius 1 is 1.35 bits per heavy atom. The molecule has 17 heavy (non-hydrogen) atoms. The molecule has 0 saturated heterocycles. The first-order chi connectivity index (χ1) is 8.06. The molecular formula is C11H17NO4S. The minimum Gasteiger partial charge on any atom is -0.508 e. The van der Waals surface area contributed by atoms with Gasteiger partial charge in [-0.1, -0.05) is 6.07 Å². The van der Waals surface area contributed by atoms with Gasteiger partial charge in [0.2, 0.25) is 10.0 Å². The Morgan fingerprint density at radius 2 is 2.12 bits per heavy atom. The molecule has 0 aromatic heterocycles. The standard InChI is InChI=1S/C11H17NO4S/c1-16-8-3-2-7-12-17(14,15)11-6-4-5-10(13)9-11/h4-6,9,12-13H,2-3,7-8H2,1H3. The first-order valence-electron chi connectivity index (χ1n) is 5.34. The Balaban J connectivity index is 2.51. The van der Waals surface area contributed by atoms with Gasteiger partial charge in [-0.15, -0.1) is 0 Å². The summed E-state index contributed by atoms with van der Waals surface area (Å²) >= 11 is 0. The molecule has 0 bridgehead atoms. The third-order valence-corrected chi connectivity index (χ3v) is 3.65. The number of benzene rings is 1. The summed E-state index contributed by atoms with van der Waals surface area (Å²) in [6, 6.07) is 5.58. The van der Waals surface area contributed by atoms with Crippen LogP contribution in [0.2, 0.25) is 0 Å². The summed E-state index contributed by atoms with van der Waals surface area (Å²) in [6.45, 7) is 0.981. The second-order valence-corrected chi connectivity index (χ2v) is 5.36.